The minimum absolute atomic E-state index is 0.508. The Labute approximate surface area is 126 Å². The van der Waals surface area contributed by atoms with E-state index in [1.165, 1.54) is 23.4 Å². The Morgan fingerprint density at radius 1 is 1.29 bits per heavy atom. The van der Waals surface area contributed by atoms with E-state index in [1.54, 1.807) is 0 Å². The van der Waals surface area contributed by atoms with Crippen molar-refractivity contribution >= 4 is 0 Å². The average Bonchev–Trinajstić information content (AvgIpc) is 3.06. The second-order valence-electron chi connectivity index (χ2n) is 6.06. The van der Waals surface area contributed by atoms with Crippen LogP contribution < -0.4 is 0 Å². The van der Waals surface area contributed by atoms with Crippen molar-refractivity contribution < 1.29 is 0 Å². The molecule has 0 aliphatic carbocycles. The molecule has 1 atom stereocenters. The highest BCUT2D eigenvalue weighted by Gasteiger charge is 2.25. The molecule has 4 nitrogen and oxygen atoms in total. The second kappa shape index (κ2) is 5.98. The Kier molecular flexibility index (Phi) is 4.06. The molecular weight excluding hydrogens is 260 g/mol. The van der Waals surface area contributed by atoms with Gasteiger partial charge in [0.2, 0.25) is 0 Å². The number of likely N-dealkylation sites (tertiary alicyclic amines) is 1. The highest BCUT2D eigenvalue weighted by molar-refractivity contribution is 5.14. The monoisotopic (exact) mass is 284 g/mol. The first-order valence-corrected chi connectivity index (χ1v) is 7.84. The fourth-order valence-corrected chi connectivity index (χ4v) is 3.16. The van der Waals surface area contributed by atoms with Crippen LogP contribution in [0.2, 0.25) is 0 Å². The molecule has 0 radical (unpaired) electrons. The largest absolute Gasteiger partial charge is 0.295 e. The third kappa shape index (κ3) is 3.16. The molecule has 0 bridgehead atoms. The van der Waals surface area contributed by atoms with Gasteiger partial charge >= 0.3 is 0 Å². The first kappa shape index (κ1) is 14.3. The van der Waals surface area contributed by atoms with Gasteiger partial charge in [0.05, 0.1) is 17.4 Å². The lowest BCUT2D eigenvalue weighted by molar-refractivity contribution is 0.307. The summed E-state index contributed by atoms with van der Waals surface area (Å²) >= 11 is 0. The summed E-state index contributed by atoms with van der Waals surface area (Å²) in [6, 6.07) is 7.02. The van der Waals surface area contributed by atoms with Crippen molar-refractivity contribution in [2.75, 3.05) is 13.1 Å². The number of hydrogen-bond acceptors (Lipinski definition) is 3. The molecule has 4 heteroatoms. The Hall–Kier alpha value is -1.68. The van der Waals surface area contributed by atoms with E-state index in [9.17, 15) is 0 Å². The van der Waals surface area contributed by atoms with Gasteiger partial charge in [-0.2, -0.15) is 5.10 Å². The zero-order valence-corrected chi connectivity index (χ0v) is 13.2. The van der Waals surface area contributed by atoms with Gasteiger partial charge in [-0.05, 0) is 44.4 Å². The summed E-state index contributed by atoms with van der Waals surface area (Å²) in [4.78, 5) is 7.05. The lowest BCUT2D eigenvalue weighted by Crippen LogP contribution is -2.22. The van der Waals surface area contributed by atoms with Gasteiger partial charge in [0.15, 0.2) is 0 Å². The maximum absolute atomic E-state index is 4.63. The molecule has 2 aromatic rings. The van der Waals surface area contributed by atoms with Crippen molar-refractivity contribution in [2.45, 2.75) is 46.2 Å². The van der Waals surface area contributed by atoms with Crippen molar-refractivity contribution in [3.05, 3.63) is 47.0 Å². The number of aromatic nitrogens is 3. The molecule has 0 saturated carbocycles. The number of hydrogen-bond donors (Lipinski definition) is 0. The molecule has 0 aromatic carbocycles. The van der Waals surface area contributed by atoms with Gasteiger partial charge in [-0.15, -0.1) is 0 Å². The predicted octanol–water partition coefficient (Wildman–Crippen LogP) is 2.90. The van der Waals surface area contributed by atoms with Crippen LogP contribution in [0.1, 0.15) is 42.0 Å². The van der Waals surface area contributed by atoms with Crippen LogP contribution in [-0.4, -0.2) is 32.8 Å². The van der Waals surface area contributed by atoms with E-state index in [-0.39, 0.29) is 0 Å². The van der Waals surface area contributed by atoms with Gasteiger partial charge in [0, 0.05) is 31.5 Å². The Morgan fingerprint density at radius 2 is 2.14 bits per heavy atom. The summed E-state index contributed by atoms with van der Waals surface area (Å²) in [7, 11) is 0. The fraction of sp³-hybridized carbons (Fsp3) is 0.529. The highest BCUT2D eigenvalue weighted by Crippen LogP contribution is 2.24. The summed E-state index contributed by atoms with van der Waals surface area (Å²) in [6.45, 7) is 9.51. The van der Waals surface area contributed by atoms with E-state index in [0.717, 1.165) is 31.7 Å². The van der Waals surface area contributed by atoms with Crippen LogP contribution in [0.5, 0.6) is 0 Å². The maximum Gasteiger partial charge on any atom is 0.0661 e. The smallest absolute Gasteiger partial charge is 0.0661 e. The van der Waals surface area contributed by atoms with Crippen LogP contribution in [0.25, 0.3) is 0 Å². The zero-order chi connectivity index (χ0) is 14.8. The topological polar surface area (TPSA) is 34.0 Å². The Bertz CT molecular complexity index is 600. The zero-order valence-electron chi connectivity index (χ0n) is 13.2. The van der Waals surface area contributed by atoms with E-state index >= 15 is 0 Å². The predicted molar refractivity (Wildman–Crippen MR) is 84.2 cm³/mol. The van der Waals surface area contributed by atoms with E-state index in [4.69, 9.17) is 0 Å². The Balaban J connectivity index is 1.62. The van der Waals surface area contributed by atoms with E-state index in [0.29, 0.717) is 6.04 Å². The molecule has 3 rings (SSSR count). The van der Waals surface area contributed by atoms with E-state index in [2.05, 4.69) is 58.6 Å². The lowest BCUT2D eigenvalue weighted by atomic mass is 10.2. The highest BCUT2D eigenvalue weighted by atomic mass is 15.3. The number of nitrogens with zero attached hydrogens (tertiary/aromatic N) is 4. The summed E-state index contributed by atoms with van der Waals surface area (Å²) in [5.74, 6) is 0. The standard InChI is InChI=1S/C17H24N4/c1-4-15-5-6-16(18-10-15)11-20-8-7-17(12-20)21-14(3)9-13(2)19-21/h5-6,9-10,17H,4,7-8,11-12H2,1-3H3/t17-/m0/s1. The minimum Gasteiger partial charge on any atom is -0.295 e. The molecule has 1 aliphatic heterocycles. The maximum atomic E-state index is 4.63. The number of aryl methyl sites for hydroxylation is 3. The van der Waals surface area contributed by atoms with Crippen LogP contribution >= 0.6 is 0 Å². The molecule has 0 N–H and O–H groups in total. The van der Waals surface area contributed by atoms with Gasteiger partial charge in [0.1, 0.15) is 0 Å². The molecule has 1 fully saturated rings. The summed E-state index contributed by atoms with van der Waals surface area (Å²) in [6.07, 6.45) is 4.23. The summed E-state index contributed by atoms with van der Waals surface area (Å²) in [5, 5.41) is 4.63. The van der Waals surface area contributed by atoms with Gasteiger partial charge in [-0.1, -0.05) is 13.0 Å². The van der Waals surface area contributed by atoms with Crippen molar-refractivity contribution in [2.24, 2.45) is 0 Å². The van der Waals surface area contributed by atoms with Crippen LogP contribution in [0.15, 0.2) is 24.4 Å². The molecule has 1 saturated heterocycles. The molecule has 0 unspecified atom stereocenters. The van der Waals surface area contributed by atoms with Crippen LogP contribution in [-0.2, 0) is 13.0 Å². The average molecular weight is 284 g/mol. The van der Waals surface area contributed by atoms with Crippen molar-refractivity contribution in [3.8, 4) is 0 Å². The minimum atomic E-state index is 0.508. The van der Waals surface area contributed by atoms with Crippen LogP contribution in [0.4, 0.5) is 0 Å². The quantitative estimate of drug-likeness (QED) is 0.865. The van der Waals surface area contributed by atoms with Crippen molar-refractivity contribution in [1.29, 1.82) is 0 Å². The van der Waals surface area contributed by atoms with Crippen molar-refractivity contribution in [3.63, 3.8) is 0 Å². The van der Waals surface area contributed by atoms with Crippen LogP contribution in [0, 0.1) is 13.8 Å². The molecule has 0 amide bonds. The van der Waals surface area contributed by atoms with Gasteiger partial charge in [-0.3, -0.25) is 14.6 Å². The summed E-state index contributed by atoms with van der Waals surface area (Å²) < 4.78 is 2.20. The first-order chi connectivity index (χ1) is 10.2. The molecule has 21 heavy (non-hydrogen) atoms. The fourth-order valence-electron chi connectivity index (χ4n) is 3.16. The van der Waals surface area contributed by atoms with E-state index in [1.807, 2.05) is 6.20 Å². The lowest BCUT2D eigenvalue weighted by Gasteiger charge is -2.16. The van der Waals surface area contributed by atoms with E-state index < -0.39 is 0 Å². The van der Waals surface area contributed by atoms with Gasteiger partial charge in [0.25, 0.3) is 0 Å². The third-order valence-electron chi connectivity index (χ3n) is 4.32. The van der Waals surface area contributed by atoms with Gasteiger partial charge in [-0.25, -0.2) is 0 Å². The number of pyridine rings is 1. The molecule has 112 valence electrons. The second-order valence-corrected chi connectivity index (χ2v) is 6.06. The summed E-state index contributed by atoms with van der Waals surface area (Å²) in [5.41, 5.74) is 4.86. The first-order valence-electron chi connectivity index (χ1n) is 7.84. The molecule has 1 aliphatic rings. The SMILES string of the molecule is CCc1ccc(CN2CC[C@H](n3nc(C)cc3C)C2)nc1. The Morgan fingerprint density at radius 3 is 2.76 bits per heavy atom. The third-order valence-corrected chi connectivity index (χ3v) is 4.32. The number of rotatable bonds is 4. The molecule has 2 aromatic heterocycles. The normalized spacial score (nSPS) is 19.3. The molecular formula is C17H24N4. The van der Waals surface area contributed by atoms with Crippen LogP contribution in [0.3, 0.4) is 0 Å². The van der Waals surface area contributed by atoms with Gasteiger partial charge < -0.3 is 0 Å². The molecule has 0 spiro atoms. The van der Waals surface area contributed by atoms with Crippen molar-refractivity contribution in [1.82, 2.24) is 19.7 Å². The molecule has 3 heterocycles.